The predicted octanol–water partition coefficient (Wildman–Crippen LogP) is 2.51. The zero-order valence-corrected chi connectivity index (χ0v) is 11.3. The quantitative estimate of drug-likeness (QED) is 0.809. The number of halogens is 2. The first kappa shape index (κ1) is 14.9. The van der Waals surface area contributed by atoms with E-state index in [1.807, 2.05) is 6.92 Å². The maximum atomic E-state index is 13.4. The van der Waals surface area contributed by atoms with Crippen LogP contribution in [0.4, 0.5) is 4.39 Å². The van der Waals surface area contributed by atoms with Crippen LogP contribution in [0.15, 0.2) is 18.2 Å². The minimum Gasteiger partial charge on any atom is -0.383 e. The van der Waals surface area contributed by atoms with Gasteiger partial charge in [-0.05, 0) is 25.5 Å². The maximum absolute atomic E-state index is 13.4. The molecule has 3 nitrogen and oxygen atoms in total. The molecule has 100 valence electrons. The summed E-state index contributed by atoms with van der Waals surface area (Å²) in [4.78, 5) is 11.7. The standard InChI is InChI=1S/C13H17ClFNO2/c1-9-3-4-12(15)11(7-9)13(17)16-6-5-10(14)8-18-2/h3-4,7,10H,5-6,8H2,1-2H3,(H,16,17). The molecule has 0 heterocycles. The lowest BCUT2D eigenvalue weighted by Gasteiger charge is -2.10. The second-order valence-corrected chi connectivity index (χ2v) is 4.70. The molecule has 0 aliphatic heterocycles. The Bertz CT molecular complexity index is 412. The molecule has 0 spiro atoms. The van der Waals surface area contributed by atoms with E-state index < -0.39 is 11.7 Å². The van der Waals surface area contributed by atoms with Gasteiger partial charge in [-0.15, -0.1) is 11.6 Å². The molecule has 5 heteroatoms. The summed E-state index contributed by atoms with van der Waals surface area (Å²) in [5.74, 6) is -0.935. The van der Waals surface area contributed by atoms with Gasteiger partial charge in [0.15, 0.2) is 0 Å². The molecule has 1 atom stereocenters. The van der Waals surface area contributed by atoms with E-state index in [2.05, 4.69) is 5.32 Å². The zero-order valence-electron chi connectivity index (χ0n) is 10.5. The average Bonchev–Trinajstić information content (AvgIpc) is 2.32. The predicted molar refractivity (Wildman–Crippen MR) is 69.6 cm³/mol. The fraction of sp³-hybridized carbons (Fsp3) is 0.462. The minimum atomic E-state index is -0.516. The van der Waals surface area contributed by atoms with E-state index in [4.69, 9.17) is 16.3 Å². The fourth-order valence-corrected chi connectivity index (χ4v) is 1.75. The average molecular weight is 274 g/mol. The number of amides is 1. The third-order valence-corrected chi connectivity index (χ3v) is 2.80. The topological polar surface area (TPSA) is 38.3 Å². The third kappa shape index (κ3) is 4.63. The second-order valence-electron chi connectivity index (χ2n) is 4.08. The highest BCUT2D eigenvalue weighted by molar-refractivity contribution is 6.20. The summed E-state index contributed by atoms with van der Waals surface area (Å²) in [6.07, 6.45) is 0.578. The van der Waals surface area contributed by atoms with E-state index in [0.717, 1.165) is 5.56 Å². The minimum absolute atomic E-state index is 0.0628. The summed E-state index contributed by atoms with van der Waals surface area (Å²) in [5.41, 5.74) is 0.906. The Morgan fingerprint density at radius 2 is 2.28 bits per heavy atom. The summed E-state index contributed by atoms with van der Waals surface area (Å²) in [6.45, 7) is 2.63. The SMILES string of the molecule is COCC(Cl)CCNC(=O)c1cc(C)ccc1F. The molecule has 0 fully saturated rings. The summed E-state index contributed by atoms with van der Waals surface area (Å²) in [5, 5.41) is 2.48. The summed E-state index contributed by atoms with van der Waals surface area (Å²) in [6, 6.07) is 4.44. The second kappa shape index (κ2) is 7.34. The highest BCUT2D eigenvalue weighted by Gasteiger charge is 2.12. The van der Waals surface area contributed by atoms with Gasteiger partial charge in [-0.25, -0.2) is 4.39 Å². The maximum Gasteiger partial charge on any atom is 0.254 e. The van der Waals surface area contributed by atoms with Gasteiger partial charge in [0.2, 0.25) is 0 Å². The molecule has 18 heavy (non-hydrogen) atoms. The fourth-order valence-electron chi connectivity index (χ4n) is 1.51. The number of methoxy groups -OCH3 is 1. The number of benzene rings is 1. The molecule has 0 aliphatic carbocycles. The zero-order chi connectivity index (χ0) is 13.5. The number of carbonyl (C=O) groups excluding carboxylic acids is 1. The normalized spacial score (nSPS) is 12.2. The van der Waals surface area contributed by atoms with Crippen LogP contribution in [0.25, 0.3) is 0 Å². The number of hydrogen-bond donors (Lipinski definition) is 1. The number of nitrogens with one attached hydrogen (secondary N) is 1. The van der Waals surface area contributed by atoms with Crippen molar-refractivity contribution in [1.29, 1.82) is 0 Å². The Labute approximate surface area is 111 Å². The van der Waals surface area contributed by atoms with Gasteiger partial charge in [0, 0.05) is 13.7 Å². The van der Waals surface area contributed by atoms with E-state index in [9.17, 15) is 9.18 Å². The van der Waals surface area contributed by atoms with Crippen LogP contribution < -0.4 is 5.32 Å². The molecular weight excluding hydrogens is 257 g/mol. The van der Waals surface area contributed by atoms with Crippen molar-refractivity contribution in [2.75, 3.05) is 20.3 Å². The Balaban J connectivity index is 2.48. The number of alkyl halides is 1. The lowest BCUT2D eigenvalue weighted by atomic mass is 10.1. The van der Waals surface area contributed by atoms with Gasteiger partial charge in [-0.2, -0.15) is 0 Å². The van der Waals surface area contributed by atoms with Crippen LogP contribution >= 0.6 is 11.6 Å². The Morgan fingerprint density at radius 1 is 1.56 bits per heavy atom. The van der Waals surface area contributed by atoms with Gasteiger partial charge < -0.3 is 10.1 Å². The molecule has 1 aromatic rings. The van der Waals surface area contributed by atoms with Crippen LogP contribution in [0.1, 0.15) is 22.3 Å². The molecular formula is C13H17ClFNO2. The summed E-state index contributed by atoms with van der Waals surface area (Å²) >= 11 is 5.92. The molecule has 0 aliphatic rings. The number of aryl methyl sites for hydroxylation is 1. The molecule has 0 bridgehead atoms. The van der Waals surface area contributed by atoms with Crippen molar-refractivity contribution < 1.29 is 13.9 Å². The monoisotopic (exact) mass is 273 g/mol. The van der Waals surface area contributed by atoms with Gasteiger partial charge in [0.05, 0.1) is 17.5 Å². The van der Waals surface area contributed by atoms with Crippen LogP contribution in [0.5, 0.6) is 0 Å². The smallest absolute Gasteiger partial charge is 0.254 e. The lowest BCUT2D eigenvalue weighted by Crippen LogP contribution is -2.27. The largest absolute Gasteiger partial charge is 0.383 e. The molecule has 0 radical (unpaired) electrons. The van der Waals surface area contributed by atoms with E-state index in [0.29, 0.717) is 19.6 Å². The summed E-state index contributed by atoms with van der Waals surface area (Å²) < 4.78 is 18.3. The molecule has 1 N–H and O–H groups in total. The van der Waals surface area contributed by atoms with Gasteiger partial charge in [-0.1, -0.05) is 11.6 Å². The van der Waals surface area contributed by atoms with Gasteiger partial charge in [-0.3, -0.25) is 4.79 Å². The first-order chi connectivity index (χ1) is 8.54. The van der Waals surface area contributed by atoms with Crippen LogP contribution in [0.3, 0.4) is 0 Å². The van der Waals surface area contributed by atoms with Crippen LogP contribution in [-0.2, 0) is 4.74 Å². The van der Waals surface area contributed by atoms with Crippen molar-refractivity contribution in [2.24, 2.45) is 0 Å². The van der Waals surface area contributed by atoms with Crippen LogP contribution in [0.2, 0.25) is 0 Å². The van der Waals surface area contributed by atoms with Crippen LogP contribution in [0, 0.1) is 12.7 Å². The molecule has 1 aromatic carbocycles. The number of carbonyl (C=O) groups is 1. The van der Waals surface area contributed by atoms with Crippen molar-refractivity contribution in [2.45, 2.75) is 18.7 Å². The van der Waals surface area contributed by atoms with E-state index in [-0.39, 0.29) is 10.9 Å². The molecule has 1 amide bonds. The molecule has 1 rings (SSSR count). The molecule has 0 saturated carbocycles. The summed E-state index contributed by atoms with van der Waals surface area (Å²) in [7, 11) is 1.57. The van der Waals surface area contributed by atoms with Gasteiger partial charge in [0.1, 0.15) is 5.82 Å². The first-order valence-corrected chi connectivity index (χ1v) is 6.15. The van der Waals surface area contributed by atoms with Crippen molar-refractivity contribution in [3.05, 3.63) is 35.1 Å². The molecule has 0 aromatic heterocycles. The van der Waals surface area contributed by atoms with E-state index >= 15 is 0 Å². The number of rotatable bonds is 6. The Hall–Kier alpha value is -1.13. The van der Waals surface area contributed by atoms with Crippen molar-refractivity contribution in [1.82, 2.24) is 5.32 Å². The van der Waals surface area contributed by atoms with E-state index in [1.54, 1.807) is 13.2 Å². The Morgan fingerprint density at radius 3 is 2.94 bits per heavy atom. The molecule has 0 saturated heterocycles. The first-order valence-electron chi connectivity index (χ1n) is 5.72. The third-order valence-electron chi connectivity index (χ3n) is 2.46. The molecule has 1 unspecified atom stereocenters. The van der Waals surface area contributed by atoms with Gasteiger partial charge in [0.25, 0.3) is 5.91 Å². The van der Waals surface area contributed by atoms with Crippen LogP contribution in [-0.4, -0.2) is 31.5 Å². The van der Waals surface area contributed by atoms with E-state index in [1.165, 1.54) is 12.1 Å². The number of hydrogen-bond acceptors (Lipinski definition) is 2. The van der Waals surface area contributed by atoms with Crippen molar-refractivity contribution in [3.8, 4) is 0 Å². The lowest BCUT2D eigenvalue weighted by molar-refractivity contribution is 0.0947. The Kier molecular flexibility index (Phi) is 6.09. The van der Waals surface area contributed by atoms with Gasteiger partial charge >= 0.3 is 0 Å². The van der Waals surface area contributed by atoms with Crippen molar-refractivity contribution >= 4 is 17.5 Å². The number of ether oxygens (including phenoxy) is 1. The highest BCUT2D eigenvalue weighted by Crippen LogP contribution is 2.10. The highest BCUT2D eigenvalue weighted by atomic mass is 35.5. The van der Waals surface area contributed by atoms with Crippen molar-refractivity contribution in [3.63, 3.8) is 0 Å².